The summed E-state index contributed by atoms with van der Waals surface area (Å²) in [5, 5.41) is 2.85. The summed E-state index contributed by atoms with van der Waals surface area (Å²) < 4.78 is 4.95. The van der Waals surface area contributed by atoms with Crippen molar-refractivity contribution in [2.45, 2.75) is 13.0 Å². The summed E-state index contributed by atoms with van der Waals surface area (Å²) >= 11 is 5.94. The summed E-state index contributed by atoms with van der Waals surface area (Å²) in [5.74, 6) is -2.59. The van der Waals surface area contributed by atoms with Gasteiger partial charge in [0.1, 0.15) is 6.04 Å². The molecule has 2 aromatic rings. The molecule has 1 heterocycles. The number of carbonyl (C=O) groups is 4. The molecule has 1 aliphatic rings. The Labute approximate surface area is 159 Å². The molecule has 27 heavy (non-hydrogen) atoms. The zero-order chi connectivity index (χ0) is 19.6. The number of amides is 3. The first-order valence-corrected chi connectivity index (χ1v) is 8.46. The summed E-state index contributed by atoms with van der Waals surface area (Å²) in [6.45, 7) is 0.799. The van der Waals surface area contributed by atoms with Crippen molar-refractivity contribution >= 4 is 41.0 Å². The number of hydrogen-bond acceptors (Lipinski definition) is 5. The van der Waals surface area contributed by atoms with Gasteiger partial charge in [-0.15, -0.1) is 0 Å². The highest BCUT2D eigenvalue weighted by Crippen LogP contribution is 2.25. The Balaban J connectivity index is 1.60. The first-order valence-electron chi connectivity index (χ1n) is 8.08. The molecule has 1 atom stereocenters. The highest BCUT2D eigenvalue weighted by molar-refractivity contribution is 6.33. The van der Waals surface area contributed by atoms with Gasteiger partial charge < -0.3 is 10.1 Å². The lowest BCUT2D eigenvalue weighted by molar-refractivity contribution is -0.150. The van der Waals surface area contributed by atoms with E-state index in [2.05, 4.69) is 5.32 Å². The smallest absolute Gasteiger partial charge is 0.329 e. The number of fused-ring (bicyclic) bond motifs is 1. The average molecular weight is 387 g/mol. The minimum Gasteiger partial charge on any atom is -0.454 e. The normalized spacial score (nSPS) is 13.9. The summed E-state index contributed by atoms with van der Waals surface area (Å²) in [5.41, 5.74) is 0.853. The third kappa shape index (κ3) is 3.68. The molecule has 8 heteroatoms. The predicted octanol–water partition coefficient (Wildman–Crippen LogP) is 2.51. The molecule has 0 saturated carbocycles. The third-order valence-corrected chi connectivity index (χ3v) is 4.38. The van der Waals surface area contributed by atoms with Gasteiger partial charge in [0.05, 0.1) is 21.8 Å². The maximum atomic E-state index is 12.4. The van der Waals surface area contributed by atoms with E-state index in [1.54, 1.807) is 36.4 Å². The van der Waals surface area contributed by atoms with Gasteiger partial charge >= 0.3 is 5.97 Å². The summed E-state index contributed by atoms with van der Waals surface area (Å²) in [6, 6.07) is 11.8. The van der Waals surface area contributed by atoms with Crippen molar-refractivity contribution in [3.8, 4) is 0 Å². The molecule has 7 nitrogen and oxygen atoms in total. The van der Waals surface area contributed by atoms with Crippen LogP contribution in [-0.4, -0.2) is 41.2 Å². The Morgan fingerprint density at radius 3 is 2.19 bits per heavy atom. The van der Waals surface area contributed by atoms with Gasteiger partial charge in [0.2, 0.25) is 0 Å². The SMILES string of the molecule is C[C@@H](C(=O)OCC(=O)Nc1ccccc1Cl)N1C(=O)c2ccccc2C1=O. The fourth-order valence-electron chi connectivity index (χ4n) is 2.67. The quantitative estimate of drug-likeness (QED) is 0.629. The van der Waals surface area contributed by atoms with Crippen molar-refractivity contribution in [2.24, 2.45) is 0 Å². The van der Waals surface area contributed by atoms with E-state index in [-0.39, 0.29) is 11.1 Å². The zero-order valence-electron chi connectivity index (χ0n) is 14.3. The lowest BCUT2D eigenvalue weighted by Crippen LogP contribution is -2.44. The first-order chi connectivity index (χ1) is 12.9. The van der Waals surface area contributed by atoms with Crippen LogP contribution in [-0.2, 0) is 14.3 Å². The number of nitrogens with one attached hydrogen (secondary N) is 1. The molecule has 0 bridgehead atoms. The molecule has 138 valence electrons. The summed E-state index contributed by atoms with van der Waals surface area (Å²) in [7, 11) is 0. The second kappa shape index (κ2) is 7.59. The number of hydrogen-bond donors (Lipinski definition) is 1. The second-order valence-corrected chi connectivity index (χ2v) is 6.24. The van der Waals surface area contributed by atoms with Crippen LogP contribution < -0.4 is 5.32 Å². The molecule has 0 spiro atoms. The molecule has 0 aromatic heterocycles. The number of carbonyl (C=O) groups excluding carboxylic acids is 4. The monoisotopic (exact) mass is 386 g/mol. The third-order valence-electron chi connectivity index (χ3n) is 4.05. The van der Waals surface area contributed by atoms with E-state index in [1.807, 2.05) is 0 Å². The van der Waals surface area contributed by atoms with E-state index in [1.165, 1.54) is 19.1 Å². The highest BCUT2D eigenvalue weighted by atomic mass is 35.5. The van der Waals surface area contributed by atoms with E-state index in [4.69, 9.17) is 16.3 Å². The average Bonchev–Trinajstić information content (AvgIpc) is 2.92. The van der Waals surface area contributed by atoms with Crippen molar-refractivity contribution in [3.05, 3.63) is 64.7 Å². The van der Waals surface area contributed by atoms with Gasteiger partial charge in [-0.3, -0.25) is 19.3 Å². The van der Waals surface area contributed by atoms with Crippen LogP contribution in [0.2, 0.25) is 5.02 Å². The zero-order valence-corrected chi connectivity index (χ0v) is 15.0. The number of benzene rings is 2. The van der Waals surface area contributed by atoms with Crippen LogP contribution >= 0.6 is 11.6 Å². The molecule has 3 amide bonds. The van der Waals surface area contributed by atoms with Gasteiger partial charge in [0.15, 0.2) is 6.61 Å². The number of anilines is 1. The lowest BCUT2D eigenvalue weighted by atomic mass is 10.1. The molecule has 1 N–H and O–H groups in total. The van der Waals surface area contributed by atoms with E-state index in [9.17, 15) is 19.2 Å². The van der Waals surface area contributed by atoms with Crippen LogP contribution in [0.15, 0.2) is 48.5 Å². The van der Waals surface area contributed by atoms with Gasteiger partial charge in [-0.05, 0) is 31.2 Å². The Kier molecular flexibility index (Phi) is 5.23. The Morgan fingerprint density at radius 2 is 1.59 bits per heavy atom. The van der Waals surface area contributed by atoms with Gasteiger partial charge in [0.25, 0.3) is 17.7 Å². The minimum atomic E-state index is -1.16. The maximum Gasteiger partial charge on any atom is 0.329 e. The Hall–Kier alpha value is -3.19. The molecule has 2 aromatic carbocycles. The van der Waals surface area contributed by atoms with Crippen molar-refractivity contribution in [1.82, 2.24) is 4.90 Å². The topological polar surface area (TPSA) is 92.8 Å². The molecule has 0 saturated heterocycles. The van der Waals surface area contributed by atoms with Gasteiger partial charge in [-0.1, -0.05) is 35.9 Å². The molecular weight excluding hydrogens is 372 g/mol. The fraction of sp³-hybridized carbons (Fsp3) is 0.158. The Bertz CT molecular complexity index is 908. The summed E-state index contributed by atoms with van der Waals surface area (Å²) in [4.78, 5) is 49.7. The standard InChI is InChI=1S/C19H15ClN2O5/c1-11(22-17(24)12-6-2-3-7-13(12)18(22)25)19(26)27-10-16(23)21-15-9-5-4-8-14(15)20/h2-9,11H,10H2,1H3,(H,21,23)/t11-/m0/s1. The van der Waals surface area contributed by atoms with Crippen molar-refractivity contribution in [3.63, 3.8) is 0 Å². The van der Waals surface area contributed by atoms with Crippen LogP contribution in [0.1, 0.15) is 27.6 Å². The highest BCUT2D eigenvalue weighted by Gasteiger charge is 2.41. The number of nitrogens with zero attached hydrogens (tertiary/aromatic N) is 1. The number of para-hydroxylation sites is 1. The van der Waals surface area contributed by atoms with Gasteiger partial charge in [0, 0.05) is 0 Å². The van der Waals surface area contributed by atoms with Gasteiger partial charge in [-0.2, -0.15) is 0 Å². The van der Waals surface area contributed by atoms with Crippen LogP contribution in [0.4, 0.5) is 5.69 Å². The van der Waals surface area contributed by atoms with Crippen LogP contribution in [0, 0.1) is 0 Å². The number of esters is 1. The van der Waals surface area contributed by atoms with Crippen LogP contribution in [0.25, 0.3) is 0 Å². The maximum absolute atomic E-state index is 12.4. The molecular formula is C19H15ClN2O5. The van der Waals surface area contributed by atoms with Crippen molar-refractivity contribution in [1.29, 1.82) is 0 Å². The van der Waals surface area contributed by atoms with Crippen molar-refractivity contribution < 1.29 is 23.9 Å². The van der Waals surface area contributed by atoms with Gasteiger partial charge in [-0.25, -0.2) is 4.79 Å². The lowest BCUT2D eigenvalue weighted by Gasteiger charge is -2.20. The number of ether oxygens (including phenoxy) is 1. The Morgan fingerprint density at radius 1 is 1.04 bits per heavy atom. The van der Waals surface area contributed by atoms with E-state index in [0.29, 0.717) is 10.7 Å². The van der Waals surface area contributed by atoms with Crippen LogP contribution in [0.5, 0.6) is 0 Å². The molecule has 0 aliphatic carbocycles. The van der Waals surface area contributed by atoms with E-state index < -0.39 is 36.3 Å². The number of halogens is 1. The van der Waals surface area contributed by atoms with Crippen LogP contribution in [0.3, 0.4) is 0 Å². The minimum absolute atomic E-state index is 0.235. The molecule has 1 aliphatic heterocycles. The summed E-state index contributed by atoms with van der Waals surface area (Å²) in [6.07, 6.45) is 0. The number of imide groups is 1. The molecule has 0 fully saturated rings. The number of rotatable bonds is 5. The van der Waals surface area contributed by atoms with E-state index >= 15 is 0 Å². The molecule has 0 unspecified atom stereocenters. The first kappa shape index (κ1) is 18.6. The fourth-order valence-corrected chi connectivity index (χ4v) is 2.85. The molecule has 3 rings (SSSR count). The predicted molar refractivity (Wildman–Crippen MR) is 97.4 cm³/mol. The largest absolute Gasteiger partial charge is 0.454 e. The van der Waals surface area contributed by atoms with E-state index in [0.717, 1.165) is 4.90 Å². The van der Waals surface area contributed by atoms with Crippen molar-refractivity contribution in [2.75, 3.05) is 11.9 Å². The molecule has 0 radical (unpaired) electrons. The second-order valence-electron chi connectivity index (χ2n) is 5.84.